The van der Waals surface area contributed by atoms with E-state index < -0.39 is 23.0 Å². The number of nitrogens with zero attached hydrogens (tertiary/aromatic N) is 1. The molecule has 0 fully saturated rings. The zero-order valence-corrected chi connectivity index (χ0v) is 12.9. The van der Waals surface area contributed by atoms with Crippen molar-refractivity contribution in [2.45, 2.75) is 12.6 Å². The number of hydrogen-bond donors (Lipinski definition) is 2. The van der Waals surface area contributed by atoms with Crippen molar-refractivity contribution in [1.82, 2.24) is 10.3 Å². The quantitative estimate of drug-likeness (QED) is 0.831. The lowest BCUT2D eigenvalue weighted by molar-refractivity contribution is -0.141. The zero-order chi connectivity index (χ0) is 17.7. The summed E-state index contributed by atoms with van der Waals surface area (Å²) >= 11 is 5.70. The summed E-state index contributed by atoms with van der Waals surface area (Å²) in [5.41, 5.74) is -0.370. The minimum absolute atomic E-state index is 0.153. The molecule has 2 aromatic rings. The Morgan fingerprint density at radius 1 is 1.25 bits per heavy atom. The fourth-order valence-electron chi connectivity index (χ4n) is 1.87. The Labute approximate surface area is 140 Å². The average molecular weight is 361 g/mol. The van der Waals surface area contributed by atoms with Crippen molar-refractivity contribution < 1.29 is 27.8 Å². The second-order valence-electron chi connectivity index (χ2n) is 4.70. The Morgan fingerprint density at radius 3 is 2.50 bits per heavy atom. The third-order valence-electron chi connectivity index (χ3n) is 2.96. The third kappa shape index (κ3) is 4.76. The molecule has 1 aromatic carbocycles. The molecule has 0 unspecified atom stereocenters. The number of hydrogen-bond acceptors (Lipinski definition) is 3. The fraction of sp³-hybridized carbons (Fsp3) is 0.200. The van der Waals surface area contributed by atoms with E-state index in [1.54, 1.807) is 24.3 Å². The Kier molecular flexibility index (Phi) is 5.50. The minimum atomic E-state index is -4.67. The molecule has 5 nitrogen and oxygen atoms in total. The van der Waals surface area contributed by atoms with Crippen LogP contribution in [0.5, 0.6) is 11.5 Å². The van der Waals surface area contributed by atoms with E-state index in [0.29, 0.717) is 12.2 Å². The summed E-state index contributed by atoms with van der Waals surface area (Å²) in [6.45, 7) is 0.251. The van der Waals surface area contributed by atoms with Crippen LogP contribution in [0.3, 0.4) is 0 Å². The highest BCUT2D eigenvalue weighted by molar-refractivity contribution is 6.32. The molecule has 1 aromatic heterocycles. The van der Waals surface area contributed by atoms with Gasteiger partial charge in [-0.1, -0.05) is 23.7 Å². The van der Waals surface area contributed by atoms with Crippen molar-refractivity contribution in [3.8, 4) is 11.5 Å². The Bertz CT molecular complexity index is 721. The molecular weight excluding hydrogens is 349 g/mol. The lowest BCUT2D eigenvalue weighted by Gasteiger charge is -2.12. The molecule has 0 bridgehead atoms. The maximum absolute atomic E-state index is 12.7. The number of nitrogens with one attached hydrogen (secondary N) is 1. The molecule has 1 heterocycles. The van der Waals surface area contributed by atoms with Gasteiger partial charge in [0.05, 0.1) is 0 Å². The van der Waals surface area contributed by atoms with E-state index >= 15 is 0 Å². The van der Waals surface area contributed by atoms with E-state index in [2.05, 4.69) is 10.3 Å². The Balaban J connectivity index is 2.08. The van der Waals surface area contributed by atoms with Crippen molar-refractivity contribution in [1.29, 1.82) is 0 Å². The van der Waals surface area contributed by atoms with Gasteiger partial charge in [0.15, 0.2) is 5.69 Å². The smallest absolute Gasteiger partial charge is 0.434 e. The standard InChI is InChI=1S/C15H12ClF3N2O3/c16-12-11(6-8-20-13(12)15(17,18)19)24-10-3-1-9(2-4-10)5-7-21-14(22)23/h1-4,6,8,21H,5,7H2,(H,22,23). The minimum Gasteiger partial charge on any atom is -0.465 e. The first kappa shape index (κ1) is 17.9. The van der Waals surface area contributed by atoms with E-state index in [4.69, 9.17) is 21.4 Å². The maximum atomic E-state index is 12.7. The van der Waals surface area contributed by atoms with E-state index in [1.165, 1.54) is 6.07 Å². The molecule has 0 aliphatic carbocycles. The molecule has 1 amide bonds. The number of benzene rings is 1. The van der Waals surface area contributed by atoms with Gasteiger partial charge in [0.2, 0.25) is 0 Å². The third-order valence-corrected chi connectivity index (χ3v) is 3.33. The second kappa shape index (κ2) is 7.39. The van der Waals surface area contributed by atoms with Crippen LogP contribution in [0.1, 0.15) is 11.3 Å². The van der Waals surface area contributed by atoms with Crippen molar-refractivity contribution in [3.05, 3.63) is 52.8 Å². The van der Waals surface area contributed by atoms with Gasteiger partial charge in [0, 0.05) is 18.8 Å². The number of carbonyl (C=O) groups is 1. The largest absolute Gasteiger partial charge is 0.465 e. The van der Waals surface area contributed by atoms with Crippen molar-refractivity contribution in [2.24, 2.45) is 0 Å². The van der Waals surface area contributed by atoms with Gasteiger partial charge in [0.1, 0.15) is 16.5 Å². The summed E-state index contributed by atoms with van der Waals surface area (Å²) in [7, 11) is 0. The highest BCUT2D eigenvalue weighted by Crippen LogP contribution is 2.39. The second-order valence-corrected chi connectivity index (χ2v) is 5.08. The highest BCUT2D eigenvalue weighted by Gasteiger charge is 2.36. The van der Waals surface area contributed by atoms with Gasteiger partial charge in [-0.2, -0.15) is 13.2 Å². The predicted octanol–water partition coefficient (Wildman–Crippen LogP) is 4.36. The first-order chi connectivity index (χ1) is 11.3. The number of ether oxygens (including phenoxy) is 1. The van der Waals surface area contributed by atoms with Crippen LogP contribution >= 0.6 is 11.6 Å². The molecule has 0 atom stereocenters. The molecule has 2 rings (SSSR count). The molecule has 0 saturated carbocycles. The van der Waals surface area contributed by atoms with Crippen molar-refractivity contribution >= 4 is 17.7 Å². The van der Waals surface area contributed by atoms with Gasteiger partial charge in [0.25, 0.3) is 0 Å². The molecule has 0 saturated heterocycles. The predicted molar refractivity (Wildman–Crippen MR) is 80.5 cm³/mol. The molecule has 0 radical (unpaired) electrons. The van der Waals surface area contributed by atoms with Crippen LogP contribution in [0.15, 0.2) is 36.5 Å². The molecule has 0 aliphatic rings. The number of rotatable bonds is 5. The summed E-state index contributed by atoms with van der Waals surface area (Å²) in [6.07, 6.45) is -4.34. The van der Waals surface area contributed by atoms with Gasteiger partial charge >= 0.3 is 12.3 Å². The fourth-order valence-corrected chi connectivity index (χ4v) is 2.12. The van der Waals surface area contributed by atoms with Crippen LogP contribution in [0.4, 0.5) is 18.0 Å². The van der Waals surface area contributed by atoms with Crippen LogP contribution in [0, 0.1) is 0 Å². The van der Waals surface area contributed by atoms with Crippen LogP contribution in [0.25, 0.3) is 0 Å². The van der Waals surface area contributed by atoms with E-state index in [1.807, 2.05) is 0 Å². The summed E-state index contributed by atoms with van der Waals surface area (Å²) in [5, 5.41) is 10.1. The van der Waals surface area contributed by atoms with E-state index in [-0.39, 0.29) is 12.3 Å². The highest BCUT2D eigenvalue weighted by atomic mass is 35.5. The molecule has 0 spiro atoms. The number of carboxylic acid groups (broad SMARTS) is 1. The monoisotopic (exact) mass is 360 g/mol. The maximum Gasteiger partial charge on any atom is 0.434 e. The molecule has 9 heteroatoms. The number of halogens is 4. The van der Waals surface area contributed by atoms with Gasteiger partial charge in [-0.05, 0) is 24.1 Å². The van der Waals surface area contributed by atoms with Crippen LogP contribution in [0.2, 0.25) is 5.02 Å². The SMILES string of the molecule is O=C(O)NCCc1ccc(Oc2ccnc(C(F)(F)F)c2Cl)cc1. The van der Waals surface area contributed by atoms with Crippen molar-refractivity contribution in [2.75, 3.05) is 6.54 Å². The number of pyridine rings is 1. The normalized spacial score (nSPS) is 11.2. The lowest BCUT2D eigenvalue weighted by atomic mass is 10.1. The van der Waals surface area contributed by atoms with Gasteiger partial charge in [-0.25, -0.2) is 4.79 Å². The van der Waals surface area contributed by atoms with E-state index in [9.17, 15) is 18.0 Å². The Hall–Kier alpha value is -2.48. The summed E-state index contributed by atoms with van der Waals surface area (Å²) in [4.78, 5) is 13.6. The molecular formula is C15H12ClF3N2O3. The lowest BCUT2D eigenvalue weighted by Crippen LogP contribution is -2.23. The van der Waals surface area contributed by atoms with Crippen LogP contribution < -0.4 is 10.1 Å². The first-order valence-electron chi connectivity index (χ1n) is 6.72. The number of alkyl halides is 3. The van der Waals surface area contributed by atoms with Gasteiger partial charge in [-0.3, -0.25) is 4.98 Å². The van der Waals surface area contributed by atoms with Gasteiger partial charge in [-0.15, -0.1) is 0 Å². The first-order valence-corrected chi connectivity index (χ1v) is 7.10. The zero-order valence-electron chi connectivity index (χ0n) is 12.1. The van der Waals surface area contributed by atoms with Crippen molar-refractivity contribution in [3.63, 3.8) is 0 Å². The Morgan fingerprint density at radius 2 is 1.92 bits per heavy atom. The summed E-state index contributed by atoms with van der Waals surface area (Å²) < 4.78 is 43.6. The topological polar surface area (TPSA) is 71.5 Å². The molecule has 24 heavy (non-hydrogen) atoms. The van der Waals surface area contributed by atoms with Crippen LogP contribution in [-0.4, -0.2) is 22.7 Å². The molecule has 128 valence electrons. The van der Waals surface area contributed by atoms with E-state index in [0.717, 1.165) is 11.8 Å². The number of aromatic nitrogens is 1. The molecule has 0 aliphatic heterocycles. The van der Waals surface area contributed by atoms with Gasteiger partial charge < -0.3 is 15.2 Å². The van der Waals surface area contributed by atoms with Crippen LogP contribution in [-0.2, 0) is 12.6 Å². The molecule has 2 N–H and O–H groups in total. The summed E-state index contributed by atoms with van der Waals surface area (Å²) in [6, 6.07) is 7.71. The summed E-state index contributed by atoms with van der Waals surface area (Å²) in [5.74, 6) is 0.144. The number of amides is 1. The average Bonchev–Trinajstić information content (AvgIpc) is 2.49.